The zero-order valence-electron chi connectivity index (χ0n) is 33.9. The molecule has 0 radical (unpaired) electrons. The first-order chi connectivity index (χ1) is 28.1. The van der Waals surface area contributed by atoms with Crippen LogP contribution in [0.5, 0.6) is 0 Å². The third-order valence-corrected chi connectivity index (χ3v) is 13.3. The van der Waals surface area contributed by atoms with Gasteiger partial charge in [0.05, 0.1) is 22.1 Å². The normalized spacial score (nSPS) is 13.1. The minimum absolute atomic E-state index is 0.0874. The van der Waals surface area contributed by atoms with Gasteiger partial charge in [-0.05, 0) is 52.6 Å². The molecule has 0 saturated heterocycles. The molecule has 270 valence electrons. The molecule has 1 aliphatic rings. The van der Waals surface area contributed by atoms with Gasteiger partial charge in [-0.25, -0.2) is 4.98 Å². The molecule has 0 aliphatic heterocycles. The van der Waals surface area contributed by atoms with Crippen molar-refractivity contribution in [2.45, 2.75) is 19.3 Å². The van der Waals surface area contributed by atoms with Gasteiger partial charge in [-0.2, -0.15) is 9.97 Å². The molecule has 3 aromatic heterocycles. The number of nitrogens with zero attached hydrogens (tertiary/aromatic N) is 5. The van der Waals surface area contributed by atoms with Crippen LogP contribution in [0.15, 0.2) is 133 Å². The number of hydrogen-bond acceptors (Lipinski definition) is 3. The van der Waals surface area contributed by atoms with Crippen molar-refractivity contribution >= 4 is 110 Å². The molecule has 0 atom stereocenters. The van der Waals surface area contributed by atoms with Crippen molar-refractivity contribution in [1.29, 1.82) is 0 Å². The molecule has 10 heteroatoms. The molecule has 10 aromatic rings. The van der Waals surface area contributed by atoms with Gasteiger partial charge in [0.25, 0.3) is 0 Å². The summed E-state index contributed by atoms with van der Waals surface area (Å²) >= 11 is 0. The number of rotatable bonds is 4. The van der Waals surface area contributed by atoms with Crippen LogP contribution in [0.25, 0.3) is 89.2 Å². The van der Waals surface area contributed by atoms with E-state index in [9.17, 15) is 0 Å². The second kappa shape index (κ2) is 12.5. The molecular formula is C48H38B5N5. The minimum atomic E-state index is -0.0874. The van der Waals surface area contributed by atoms with Crippen molar-refractivity contribution in [3.05, 3.63) is 145 Å². The fraction of sp³-hybridized carbons (Fsp3) is 0.0625. The van der Waals surface area contributed by atoms with E-state index < -0.39 is 0 Å². The second-order valence-electron chi connectivity index (χ2n) is 16.6. The highest BCUT2D eigenvalue weighted by atomic mass is 15.2. The molecular weight excluding hydrogens is 701 g/mol. The molecule has 0 N–H and O–H groups in total. The number of hydrogen-bond donors (Lipinski definition) is 0. The third-order valence-electron chi connectivity index (χ3n) is 13.3. The molecule has 0 amide bonds. The fourth-order valence-electron chi connectivity index (χ4n) is 9.87. The maximum atomic E-state index is 5.37. The lowest BCUT2D eigenvalue weighted by Crippen LogP contribution is -2.56. The summed E-state index contributed by atoms with van der Waals surface area (Å²) in [5.41, 5.74) is 19.5. The lowest BCUT2D eigenvalue weighted by molar-refractivity contribution is 0.660. The molecule has 0 unspecified atom stereocenters. The predicted octanol–water partition coefficient (Wildman–Crippen LogP) is 3.00. The molecule has 3 heterocycles. The first kappa shape index (κ1) is 34.7. The smallest absolute Gasteiger partial charge is 0.238 e. The molecule has 11 rings (SSSR count). The van der Waals surface area contributed by atoms with Crippen LogP contribution in [-0.4, -0.2) is 63.3 Å². The van der Waals surface area contributed by atoms with E-state index >= 15 is 0 Å². The molecule has 0 bridgehead atoms. The zero-order valence-corrected chi connectivity index (χ0v) is 33.9. The van der Waals surface area contributed by atoms with Gasteiger partial charge >= 0.3 is 0 Å². The van der Waals surface area contributed by atoms with Gasteiger partial charge in [0.15, 0.2) is 11.6 Å². The molecule has 7 aromatic carbocycles. The Balaban J connectivity index is 1.21. The highest BCUT2D eigenvalue weighted by Gasteiger charge is 2.35. The number of aromatic nitrogens is 5. The van der Waals surface area contributed by atoms with E-state index in [1.807, 2.05) is 18.2 Å². The first-order valence-electron chi connectivity index (χ1n) is 20.2. The minimum Gasteiger partial charge on any atom is -0.310 e. The third kappa shape index (κ3) is 4.81. The van der Waals surface area contributed by atoms with E-state index in [4.69, 9.17) is 15.0 Å². The van der Waals surface area contributed by atoms with Crippen LogP contribution in [-0.2, 0) is 5.41 Å². The zero-order chi connectivity index (χ0) is 39.6. The van der Waals surface area contributed by atoms with Crippen molar-refractivity contribution < 1.29 is 0 Å². The Morgan fingerprint density at radius 2 is 0.931 bits per heavy atom. The predicted molar refractivity (Wildman–Crippen MR) is 258 cm³/mol. The highest BCUT2D eigenvalue weighted by Crippen LogP contribution is 2.49. The summed E-state index contributed by atoms with van der Waals surface area (Å²) in [5, 5.41) is 4.72. The molecule has 5 nitrogen and oxygen atoms in total. The van der Waals surface area contributed by atoms with Crippen molar-refractivity contribution in [3.8, 4) is 45.5 Å². The van der Waals surface area contributed by atoms with E-state index in [2.05, 4.69) is 177 Å². The maximum absolute atomic E-state index is 5.37. The molecule has 0 fully saturated rings. The summed E-state index contributed by atoms with van der Waals surface area (Å²) in [5.74, 6) is 1.88. The van der Waals surface area contributed by atoms with Gasteiger partial charge in [-0.1, -0.05) is 139 Å². The summed E-state index contributed by atoms with van der Waals surface area (Å²) in [7, 11) is 11.3. The number of benzene rings is 7. The van der Waals surface area contributed by atoms with E-state index in [1.165, 1.54) is 77.1 Å². The quantitative estimate of drug-likeness (QED) is 0.261. The van der Waals surface area contributed by atoms with Gasteiger partial charge in [-0.3, -0.25) is 4.57 Å². The molecule has 0 spiro atoms. The van der Waals surface area contributed by atoms with Crippen LogP contribution in [0.1, 0.15) is 25.0 Å². The lowest BCUT2D eigenvalue weighted by atomic mass is 9.61. The number of para-hydroxylation sites is 2. The van der Waals surface area contributed by atoms with Gasteiger partial charge in [0.2, 0.25) is 5.95 Å². The summed E-state index contributed by atoms with van der Waals surface area (Å²) in [4.78, 5) is 15.8. The van der Waals surface area contributed by atoms with Crippen molar-refractivity contribution in [3.63, 3.8) is 0 Å². The van der Waals surface area contributed by atoms with E-state index in [-0.39, 0.29) is 5.41 Å². The monoisotopic (exact) mass is 739 g/mol. The maximum Gasteiger partial charge on any atom is 0.238 e. The van der Waals surface area contributed by atoms with Crippen molar-refractivity contribution in [2.24, 2.45) is 0 Å². The van der Waals surface area contributed by atoms with Gasteiger partial charge < -0.3 is 4.57 Å². The summed E-state index contributed by atoms with van der Waals surface area (Å²) in [6.45, 7) is 4.63. The topological polar surface area (TPSA) is 48.5 Å². The average molecular weight is 739 g/mol. The Morgan fingerprint density at radius 3 is 1.60 bits per heavy atom. The lowest BCUT2D eigenvalue weighted by Gasteiger charge is -2.22. The average Bonchev–Trinajstić information content (AvgIpc) is 3.84. The van der Waals surface area contributed by atoms with Gasteiger partial charge in [0, 0.05) is 43.8 Å². The van der Waals surface area contributed by atoms with E-state index in [0.717, 1.165) is 32.9 Å². The molecule has 58 heavy (non-hydrogen) atoms. The van der Waals surface area contributed by atoms with Gasteiger partial charge in [-0.15, -0.1) is 5.46 Å². The van der Waals surface area contributed by atoms with Crippen molar-refractivity contribution in [2.75, 3.05) is 0 Å². The largest absolute Gasteiger partial charge is 0.310 e. The second-order valence-corrected chi connectivity index (χ2v) is 16.6. The Labute approximate surface area is 342 Å². The summed E-state index contributed by atoms with van der Waals surface area (Å²) in [6.07, 6.45) is 0. The summed E-state index contributed by atoms with van der Waals surface area (Å²) in [6, 6.07) is 48.0. The van der Waals surface area contributed by atoms with Crippen LogP contribution >= 0.6 is 0 Å². The summed E-state index contributed by atoms with van der Waals surface area (Å²) < 4.78 is 4.75. The Morgan fingerprint density at radius 1 is 0.414 bits per heavy atom. The molecule has 0 saturated carbocycles. The SMILES string of the molecule is Bc1c(B)c(B)c(-n2c3ccccc3c3cc4c(cc32)c2ccccc2n4-c2nc(-c3ccccc3)nc(-c3ccc4c(c3)-c3ccccc3C4(C)C)n2)c(B)c1B. The van der Waals surface area contributed by atoms with Crippen LogP contribution < -0.4 is 27.3 Å². The van der Waals surface area contributed by atoms with Crippen LogP contribution in [0, 0.1) is 0 Å². The van der Waals surface area contributed by atoms with Crippen LogP contribution in [0.2, 0.25) is 0 Å². The van der Waals surface area contributed by atoms with Gasteiger partial charge in [0.1, 0.15) is 39.2 Å². The Kier molecular flexibility index (Phi) is 7.47. The van der Waals surface area contributed by atoms with E-state index in [0.29, 0.717) is 17.6 Å². The standard InChI is InChI=1S/C48H38B5N5/c1-48(2)33-17-9-6-14-27(33)30-22-26(20-21-34(30)48)46-54-45(25-12-4-3-5-13-25)55-47(56-46)58-36-19-11-8-16-29(36)32-23-37-31(24-38(32)58)28-15-7-10-18-35(28)57(37)44-42(52)40(50)39(49)41(51)43(44)53/h3-24H,49-53H2,1-2H3. The first-order valence-corrected chi connectivity index (χ1v) is 20.2. The highest BCUT2D eigenvalue weighted by molar-refractivity contribution is 6.68. The Hall–Kier alpha value is -6.53. The molecule has 1 aliphatic carbocycles. The fourth-order valence-corrected chi connectivity index (χ4v) is 9.87. The van der Waals surface area contributed by atoms with Crippen molar-refractivity contribution in [1.82, 2.24) is 24.1 Å². The number of fused-ring (bicyclic) bond motifs is 9. The van der Waals surface area contributed by atoms with Crippen LogP contribution in [0.3, 0.4) is 0 Å². The van der Waals surface area contributed by atoms with Crippen LogP contribution in [0.4, 0.5) is 0 Å². The Bertz CT molecular complexity index is 3360. The van der Waals surface area contributed by atoms with E-state index in [1.54, 1.807) is 0 Å².